The van der Waals surface area contributed by atoms with Gasteiger partial charge in [-0.25, -0.2) is 4.79 Å². The molecule has 0 saturated heterocycles. The van der Waals surface area contributed by atoms with Gasteiger partial charge < -0.3 is 19.2 Å². The number of urea groups is 1. The molecule has 5 nitrogen and oxygen atoms in total. The quantitative estimate of drug-likeness (QED) is 0.429. The van der Waals surface area contributed by atoms with Crippen LogP contribution in [0.3, 0.4) is 0 Å². The highest BCUT2D eigenvalue weighted by atomic mass is 32.2. The normalized spacial score (nSPS) is 15.1. The van der Waals surface area contributed by atoms with E-state index >= 15 is 0 Å². The SMILES string of the molecule is CSc1ccc([C@@H]2c3cccn3-c3ccccc3CN2C(=O)NCc2ccco2)cc1. The molecule has 31 heavy (non-hydrogen) atoms. The molecule has 4 aromatic rings. The lowest BCUT2D eigenvalue weighted by Crippen LogP contribution is -2.41. The minimum Gasteiger partial charge on any atom is -0.467 e. The van der Waals surface area contributed by atoms with E-state index in [1.54, 1.807) is 18.0 Å². The van der Waals surface area contributed by atoms with Gasteiger partial charge in [-0.1, -0.05) is 30.3 Å². The zero-order chi connectivity index (χ0) is 21.2. The molecule has 2 aromatic heterocycles. The first-order valence-corrected chi connectivity index (χ1v) is 11.4. The lowest BCUT2D eigenvalue weighted by molar-refractivity contribution is 0.179. The Morgan fingerprint density at radius 3 is 2.68 bits per heavy atom. The van der Waals surface area contributed by atoms with Gasteiger partial charge in [0.2, 0.25) is 0 Å². The van der Waals surface area contributed by atoms with Crippen molar-refractivity contribution in [3.63, 3.8) is 0 Å². The number of hydrogen-bond donors (Lipinski definition) is 1. The van der Waals surface area contributed by atoms with Crippen LogP contribution in [0.25, 0.3) is 5.69 Å². The standard InChI is InChI=1S/C25H23N3O2S/c1-31-21-12-10-18(11-13-21)24-23-9-4-14-27(23)22-8-3-2-6-19(22)17-28(24)25(29)26-16-20-7-5-15-30-20/h2-15,24H,16-17H2,1H3,(H,26,29)/t24-/m1/s1. The van der Waals surface area contributed by atoms with E-state index in [4.69, 9.17) is 4.42 Å². The van der Waals surface area contributed by atoms with Gasteiger partial charge in [0.05, 0.1) is 31.1 Å². The smallest absolute Gasteiger partial charge is 0.318 e. The second-order valence-electron chi connectivity index (χ2n) is 7.47. The van der Waals surface area contributed by atoms with E-state index in [9.17, 15) is 4.79 Å². The molecular weight excluding hydrogens is 406 g/mol. The highest BCUT2D eigenvalue weighted by Gasteiger charge is 2.32. The van der Waals surface area contributed by atoms with E-state index in [1.165, 1.54) is 4.90 Å². The molecule has 0 aliphatic carbocycles. The van der Waals surface area contributed by atoms with Gasteiger partial charge in [-0.2, -0.15) is 0 Å². The van der Waals surface area contributed by atoms with E-state index in [1.807, 2.05) is 35.2 Å². The molecule has 0 bridgehead atoms. The molecule has 2 amide bonds. The van der Waals surface area contributed by atoms with Crippen LogP contribution in [0.5, 0.6) is 0 Å². The van der Waals surface area contributed by atoms with Crippen LogP contribution in [-0.2, 0) is 13.1 Å². The zero-order valence-electron chi connectivity index (χ0n) is 17.2. The topological polar surface area (TPSA) is 50.4 Å². The van der Waals surface area contributed by atoms with Crippen molar-refractivity contribution in [1.29, 1.82) is 0 Å². The number of nitrogens with one attached hydrogen (secondary N) is 1. The van der Waals surface area contributed by atoms with Crippen molar-refractivity contribution in [2.24, 2.45) is 0 Å². The molecule has 1 atom stereocenters. The van der Waals surface area contributed by atoms with Gasteiger partial charge in [-0.3, -0.25) is 0 Å². The maximum Gasteiger partial charge on any atom is 0.318 e. The van der Waals surface area contributed by atoms with E-state index in [0.29, 0.717) is 13.1 Å². The zero-order valence-corrected chi connectivity index (χ0v) is 18.0. The summed E-state index contributed by atoms with van der Waals surface area (Å²) in [5.41, 5.74) is 4.36. The molecular formula is C25H23N3O2S. The Morgan fingerprint density at radius 1 is 1.06 bits per heavy atom. The van der Waals surface area contributed by atoms with Crippen molar-refractivity contribution in [3.05, 3.63) is 108 Å². The van der Waals surface area contributed by atoms with Crippen molar-refractivity contribution in [1.82, 2.24) is 14.8 Å². The largest absolute Gasteiger partial charge is 0.467 e. The molecule has 1 aliphatic rings. The van der Waals surface area contributed by atoms with Crippen LogP contribution in [0.4, 0.5) is 4.79 Å². The van der Waals surface area contributed by atoms with E-state index in [-0.39, 0.29) is 12.1 Å². The lowest BCUT2D eigenvalue weighted by atomic mass is 10.0. The first-order chi connectivity index (χ1) is 15.2. The van der Waals surface area contributed by atoms with Crippen LogP contribution in [0.1, 0.15) is 28.6 Å². The lowest BCUT2D eigenvalue weighted by Gasteiger charge is -2.31. The predicted octanol–water partition coefficient (Wildman–Crippen LogP) is 5.61. The fourth-order valence-electron chi connectivity index (χ4n) is 4.15. The molecule has 1 aliphatic heterocycles. The first-order valence-electron chi connectivity index (χ1n) is 10.2. The van der Waals surface area contributed by atoms with Gasteiger partial charge in [-0.05, 0) is 59.8 Å². The van der Waals surface area contributed by atoms with Gasteiger partial charge >= 0.3 is 6.03 Å². The number of nitrogens with zero attached hydrogens (tertiary/aromatic N) is 2. The highest BCUT2D eigenvalue weighted by molar-refractivity contribution is 7.98. The Labute approximate surface area is 185 Å². The Balaban J connectivity index is 1.57. The van der Waals surface area contributed by atoms with Crippen molar-refractivity contribution in [2.75, 3.05) is 6.26 Å². The number of rotatable bonds is 4. The van der Waals surface area contributed by atoms with E-state index < -0.39 is 0 Å². The van der Waals surface area contributed by atoms with Crippen LogP contribution in [0.15, 0.2) is 94.6 Å². The molecule has 2 aromatic carbocycles. The Kier molecular flexibility index (Phi) is 5.30. The number of benzene rings is 2. The summed E-state index contributed by atoms with van der Waals surface area (Å²) >= 11 is 1.71. The minimum absolute atomic E-state index is 0.125. The van der Waals surface area contributed by atoms with E-state index in [0.717, 1.165) is 28.3 Å². The minimum atomic E-state index is -0.213. The Bertz CT molecular complexity index is 1180. The molecule has 156 valence electrons. The molecule has 0 spiro atoms. The number of carbonyl (C=O) groups is 1. The van der Waals surface area contributed by atoms with Crippen molar-refractivity contribution in [3.8, 4) is 5.69 Å². The number of fused-ring (bicyclic) bond motifs is 3. The second kappa shape index (κ2) is 8.40. The number of furan rings is 1. The number of amides is 2. The van der Waals surface area contributed by atoms with Gasteiger partial charge in [0.15, 0.2) is 0 Å². The maximum absolute atomic E-state index is 13.5. The summed E-state index contributed by atoms with van der Waals surface area (Å²) in [6.45, 7) is 0.861. The summed E-state index contributed by atoms with van der Waals surface area (Å²) in [5.74, 6) is 0.729. The third-order valence-electron chi connectivity index (χ3n) is 5.65. The molecule has 0 radical (unpaired) electrons. The van der Waals surface area contributed by atoms with Crippen LogP contribution in [-0.4, -0.2) is 21.8 Å². The first kappa shape index (κ1) is 19.6. The van der Waals surface area contributed by atoms with Crippen LogP contribution in [0.2, 0.25) is 0 Å². The third-order valence-corrected chi connectivity index (χ3v) is 6.39. The van der Waals surface area contributed by atoms with Gasteiger partial charge in [0.25, 0.3) is 0 Å². The summed E-state index contributed by atoms with van der Waals surface area (Å²) in [5, 5.41) is 3.04. The van der Waals surface area contributed by atoms with Crippen molar-refractivity contribution < 1.29 is 9.21 Å². The Hall–Kier alpha value is -3.38. The van der Waals surface area contributed by atoms with Crippen LogP contribution < -0.4 is 5.32 Å². The fraction of sp³-hybridized carbons (Fsp3) is 0.160. The molecule has 6 heteroatoms. The maximum atomic E-state index is 13.5. The van der Waals surface area contributed by atoms with Crippen molar-refractivity contribution in [2.45, 2.75) is 24.0 Å². The average molecular weight is 430 g/mol. The number of thioether (sulfide) groups is 1. The van der Waals surface area contributed by atoms with E-state index in [2.05, 4.69) is 64.8 Å². The van der Waals surface area contributed by atoms with Crippen LogP contribution in [0, 0.1) is 0 Å². The number of para-hydroxylation sites is 1. The monoisotopic (exact) mass is 429 g/mol. The van der Waals surface area contributed by atoms with Crippen molar-refractivity contribution >= 4 is 17.8 Å². The molecule has 0 fully saturated rings. The van der Waals surface area contributed by atoms with Gasteiger partial charge in [-0.15, -0.1) is 11.8 Å². The third kappa shape index (κ3) is 3.75. The van der Waals surface area contributed by atoms with Gasteiger partial charge in [0, 0.05) is 16.8 Å². The predicted molar refractivity (Wildman–Crippen MR) is 122 cm³/mol. The molecule has 3 heterocycles. The van der Waals surface area contributed by atoms with Gasteiger partial charge in [0.1, 0.15) is 5.76 Å². The number of hydrogen-bond acceptors (Lipinski definition) is 3. The van der Waals surface area contributed by atoms with Crippen LogP contribution >= 0.6 is 11.8 Å². The highest BCUT2D eigenvalue weighted by Crippen LogP contribution is 2.37. The summed E-state index contributed by atoms with van der Waals surface area (Å²) in [6, 6.07) is 24.2. The summed E-state index contributed by atoms with van der Waals surface area (Å²) < 4.78 is 7.59. The molecule has 0 unspecified atom stereocenters. The molecule has 0 saturated carbocycles. The second-order valence-corrected chi connectivity index (χ2v) is 8.35. The summed E-state index contributed by atoms with van der Waals surface area (Å²) in [7, 11) is 0. The summed E-state index contributed by atoms with van der Waals surface area (Å²) in [6.07, 6.45) is 5.76. The number of carbonyl (C=O) groups excluding carboxylic acids is 1. The number of aromatic nitrogens is 1. The summed E-state index contributed by atoms with van der Waals surface area (Å²) in [4.78, 5) is 16.6. The average Bonchev–Trinajstić information content (AvgIpc) is 3.48. The molecule has 5 rings (SSSR count). The Morgan fingerprint density at radius 2 is 1.90 bits per heavy atom. The fourth-order valence-corrected chi connectivity index (χ4v) is 4.56. The molecule has 1 N–H and O–H groups in total.